The Kier molecular flexibility index (Phi) is 5.88. The molecule has 140 valence electrons. The summed E-state index contributed by atoms with van der Waals surface area (Å²) in [6, 6.07) is 13.4. The fourth-order valence-electron chi connectivity index (χ4n) is 2.70. The number of aromatic nitrogens is 2. The molecule has 6 nitrogen and oxygen atoms in total. The van der Waals surface area contributed by atoms with Crippen LogP contribution in [0.1, 0.15) is 11.1 Å². The molecule has 1 aromatic heterocycles. The average molecular weight is 401 g/mol. The van der Waals surface area contributed by atoms with E-state index in [0.29, 0.717) is 9.09 Å². The molecule has 0 bridgehead atoms. The molecule has 0 saturated heterocycles. The molecule has 1 heterocycles. The molecule has 0 unspecified atom stereocenters. The summed E-state index contributed by atoms with van der Waals surface area (Å²) in [5, 5.41) is 10.6. The monoisotopic (exact) mass is 400 g/mol. The van der Waals surface area contributed by atoms with E-state index in [4.69, 9.17) is 17.0 Å². The SMILES string of the molecule is COc1ccc(N(CC(=O)Nc2c(C)cccc2C)c2n[nH]c(=S)s2)cc1. The highest BCUT2D eigenvalue weighted by molar-refractivity contribution is 7.73. The summed E-state index contributed by atoms with van der Waals surface area (Å²) in [5.74, 6) is 0.609. The van der Waals surface area contributed by atoms with Gasteiger partial charge in [0.2, 0.25) is 11.0 Å². The number of para-hydroxylation sites is 1. The molecule has 2 aromatic carbocycles. The van der Waals surface area contributed by atoms with Crippen LogP contribution in [0.2, 0.25) is 0 Å². The number of methoxy groups -OCH3 is 1. The van der Waals surface area contributed by atoms with Crippen LogP contribution in [0.3, 0.4) is 0 Å². The molecule has 3 rings (SSSR count). The first kappa shape index (κ1) is 19.1. The number of hydrogen-bond donors (Lipinski definition) is 2. The topological polar surface area (TPSA) is 70.2 Å². The normalized spacial score (nSPS) is 10.5. The van der Waals surface area contributed by atoms with Gasteiger partial charge in [-0.1, -0.05) is 29.5 Å². The summed E-state index contributed by atoms with van der Waals surface area (Å²) in [7, 11) is 1.62. The minimum absolute atomic E-state index is 0.107. The molecule has 3 aromatic rings. The Labute approximate surface area is 166 Å². The Hall–Kier alpha value is -2.71. The molecule has 0 spiro atoms. The van der Waals surface area contributed by atoms with Gasteiger partial charge < -0.3 is 15.0 Å². The maximum atomic E-state index is 12.8. The molecule has 0 atom stereocenters. The molecule has 8 heteroatoms. The molecule has 0 saturated carbocycles. The van der Waals surface area contributed by atoms with E-state index >= 15 is 0 Å². The lowest BCUT2D eigenvalue weighted by Crippen LogP contribution is -2.30. The van der Waals surface area contributed by atoms with Gasteiger partial charge in [0.25, 0.3) is 0 Å². The highest BCUT2D eigenvalue weighted by Crippen LogP contribution is 2.29. The Morgan fingerprint density at radius 3 is 2.44 bits per heavy atom. The van der Waals surface area contributed by atoms with Crippen LogP contribution in [0.25, 0.3) is 0 Å². The van der Waals surface area contributed by atoms with Gasteiger partial charge in [-0.15, -0.1) is 5.10 Å². The van der Waals surface area contributed by atoms with Gasteiger partial charge in [-0.25, -0.2) is 0 Å². The number of H-pyrrole nitrogens is 1. The molecule has 0 fully saturated rings. The van der Waals surface area contributed by atoms with E-state index in [1.165, 1.54) is 11.3 Å². The van der Waals surface area contributed by atoms with Gasteiger partial charge >= 0.3 is 0 Å². The second kappa shape index (κ2) is 8.32. The summed E-state index contributed by atoms with van der Waals surface area (Å²) >= 11 is 6.47. The standard InChI is InChI=1S/C19H20N4O2S2/c1-12-5-4-6-13(2)17(12)20-16(24)11-23(18-21-22-19(26)27-18)14-7-9-15(25-3)10-8-14/h4-10H,11H2,1-3H3,(H,20,24)(H,22,26). The Morgan fingerprint density at radius 2 is 1.89 bits per heavy atom. The predicted octanol–water partition coefficient (Wildman–Crippen LogP) is 4.60. The van der Waals surface area contributed by atoms with Crippen molar-refractivity contribution in [1.82, 2.24) is 10.2 Å². The highest BCUT2D eigenvalue weighted by atomic mass is 32.1. The van der Waals surface area contributed by atoms with Crippen LogP contribution in [0.4, 0.5) is 16.5 Å². The third kappa shape index (κ3) is 4.53. The molecular weight excluding hydrogens is 380 g/mol. The zero-order chi connectivity index (χ0) is 19.4. The number of aryl methyl sites for hydroxylation is 2. The number of aromatic amines is 1. The first-order valence-corrected chi connectivity index (χ1v) is 9.53. The lowest BCUT2D eigenvalue weighted by atomic mass is 10.1. The number of rotatable bonds is 6. The minimum atomic E-state index is -0.135. The van der Waals surface area contributed by atoms with E-state index in [2.05, 4.69) is 15.5 Å². The van der Waals surface area contributed by atoms with Crippen LogP contribution in [-0.4, -0.2) is 29.8 Å². The summed E-state index contributed by atoms with van der Waals surface area (Å²) in [5.41, 5.74) is 3.71. The maximum absolute atomic E-state index is 12.8. The zero-order valence-corrected chi connectivity index (χ0v) is 16.9. The van der Waals surface area contributed by atoms with Gasteiger partial charge in [-0.3, -0.25) is 9.89 Å². The molecule has 2 N–H and O–H groups in total. The van der Waals surface area contributed by atoms with Gasteiger partial charge in [0.1, 0.15) is 12.3 Å². The molecule has 27 heavy (non-hydrogen) atoms. The van der Waals surface area contributed by atoms with Crippen molar-refractivity contribution in [3.8, 4) is 5.75 Å². The van der Waals surface area contributed by atoms with Crippen molar-refractivity contribution >= 4 is 46.0 Å². The van der Waals surface area contributed by atoms with Crippen molar-refractivity contribution in [2.45, 2.75) is 13.8 Å². The second-order valence-electron chi connectivity index (χ2n) is 5.99. The van der Waals surface area contributed by atoms with Crippen molar-refractivity contribution in [2.24, 2.45) is 0 Å². The van der Waals surface area contributed by atoms with Crippen LogP contribution < -0.4 is 15.0 Å². The number of amides is 1. The number of benzene rings is 2. The predicted molar refractivity (Wildman–Crippen MR) is 112 cm³/mol. The number of hydrogen-bond acceptors (Lipinski definition) is 6. The molecule has 0 radical (unpaired) electrons. The summed E-state index contributed by atoms with van der Waals surface area (Å²) in [4.78, 5) is 14.6. The third-order valence-corrected chi connectivity index (χ3v) is 5.20. The van der Waals surface area contributed by atoms with E-state index < -0.39 is 0 Å². The van der Waals surface area contributed by atoms with Crippen LogP contribution in [0, 0.1) is 17.8 Å². The molecule has 0 aliphatic heterocycles. The number of carbonyl (C=O) groups excluding carboxylic acids is 1. The van der Waals surface area contributed by atoms with Crippen molar-refractivity contribution in [3.63, 3.8) is 0 Å². The van der Waals surface area contributed by atoms with E-state index in [9.17, 15) is 4.79 Å². The van der Waals surface area contributed by atoms with E-state index in [1.54, 1.807) is 7.11 Å². The largest absolute Gasteiger partial charge is 0.497 e. The number of anilines is 3. The minimum Gasteiger partial charge on any atom is -0.497 e. The van der Waals surface area contributed by atoms with Gasteiger partial charge in [-0.2, -0.15) is 0 Å². The van der Waals surface area contributed by atoms with Crippen molar-refractivity contribution in [1.29, 1.82) is 0 Å². The fourth-order valence-corrected chi connectivity index (χ4v) is 3.60. The molecule has 0 aliphatic carbocycles. The first-order chi connectivity index (χ1) is 13.0. The number of ether oxygens (including phenoxy) is 1. The highest BCUT2D eigenvalue weighted by Gasteiger charge is 2.18. The van der Waals surface area contributed by atoms with Crippen molar-refractivity contribution in [3.05, 3.63) is 57.5 Å². The van der Waals surface area contributed by atoms with Crippen LogP contribution in [-0.2, 0) is 4.79 Å². The summed E-state index contributed by atoms with van der Waals surface area (Å²) in [6.07, 6.45) is 0. The van der Waals surface area contributed by atoms with Gasteiger partial charge in [-0.05, 0) is 61.5 Å². The van der Waals surface area contributed by atoms with Crippen molar-refractivity contribution in [2.75, 3.05) is 23.9 Å². The third-order valence-electron chi connectivity index (χ3n) is 4.09. The first-order valence-electron chi connectivity index (χ1n) is 8.31. The molecule has 0 aliphatic rings. The maximum Gasteiger partial charge on any atom is 0.244 e. The molecule has 1 amide bonds. The average Bonchev–Trinajstić information content (AvgIpc) is 3.09. The number of nitrogens with one attached hydrogen (secondary N) is 2. The van der Waals surface area contributed by atoms with Gasteiger partial charge in [0, 0.05) is 11.4 Å². The van der Waals surface area contributed by atoms with Gasteiger partial charge in [0.05, 0.1) is 7.11 Å². The Morgan fingerprint density at radius 1 is 1.22 bits per heavy atom. The summed E-state index contributed by atoms with van der Waals surface area (Å²) in [6.45, 7) is 4.06. The van der Waals surface area contributed by atoms with Gasteiger partial charge in [0.15, 0.2) is 3.95 Å². The van der Waals surface area contributed by atoms with E-state index in [1.807, 2.05) is 61.2 Å². The van der Waals surface area contributed by atoms with E-state index in [-0.39, 0.29) is 12.5 Å². The van der Waals surface area contributed by atoms with Crippen molar-refractivity contribution < 1.29 is 9.53 Å². The van der Waals surface area contributed by atoms with Crippen LogP contribution >= 0.6 is 23.6 Å². The number of nitrogens with zero attached hydrogens (tertiary/aromatic N) is 2. The summed E-state index contributed by atoms with van der Waals surface area (Å²) < 4.78 is 5.77. The smallest absolute Gasteiger partial charge is 0.244 e. The quantitative estimate of drug-likeness (QED) is 0.592. The lowest BCUT2D eigenvalue weighted by molar-refractivity contribution is -0.114. The number of carbonyl (C=O) groups is 1. The van der Waals surface area contributed by atoms with E-state index in [0.717, 1.165) is 28.3 Å². The van der Waals surface area contributed by atoms with Crippen LogP contribution in [0.5, 0.6) is 5.75 Å². The zero-order valence-electron chi connectivity index (χ0n) is 15.3. The fraction of sp³-hybridized carbons (Fsp3) is 0.211. The molecular formula is C19H20N4O2S2. The Bertz CT molecular complexity index is 975. The Balaban J connectivity index is 1.86. The second-order valence-corrected chi connectivity index (χ2v) is 7.64. The lowest BCUT2D eigenvalue weighted by Gasteiger charge is -2.22. The van der Waals surface area contributed by atoms with Crippen LogP contribution in [0.15, 0.2) is 42.5 Å².